The lowest BCUT2D eigenvalue weighted by Crippen LogP contribution is -2.61. The number of carbonyl (C=O) groups is 1. The van der Waals surface area contributed by atoms with Crippen LogP contribution in [0.25, 0.3) is 0 Å². The van der Waals surface area contributed by atoms with E-state index in [1.165, 1.54) is 17.0 Å². The largest absolute Gasteiger partial charge is 0.411 e. The Labute approximate surface area is 165 Å². The number of halogens is 4. The summed E-state index contributed by atoms with van der Waals surface area (Å²) in [6.45, 7) is -1.48. The highest BCUT2D eigenvalue weighted by atomic mass is 35.5. The number of likely N-dealkylation sites (tertiary alicyclic amines) is 1. The van der Waals surface area contributed by atoms with Crippen LogP contribution in [0.3, 0.4) is 0 Å². The second-order valence-corrected chi connectivity index (χ2v) is 8.76. The van der Waals surface area contributed by atoms with Crippen LogP contribution in [0.4, 0.5) is 13.2 Å². The standard InChI is InChI=1S/C16H18ClF3N2O5S/c17-12-3-1-2-4-14(12)28(24,25)22-5-6-26-13(9-22)15(23)21-7-11(8-21)27-10-16(18,19)20/h1-4,11,13H,5-10H2/t13-/m0/s1. The van der Waals surface area contributed by atoms with Gasteiger partial charge in [0.1, 0.15) is 17.6 Å². The summed E-state index contributed by atoms with van der Waals surface area (Å²) in [7, 11) is -3.91. The normalized spacial score (nSPS) is 22.1. The molecule has 0 bridgehead atoms. The lowest BCUT2D eigenvalue weighted by Gasteiger charge is -2.42. The van der Waals surface area contributed by atoms with Crippen molar-refractivity contribution in [2.24, 2.45) is 0 Å². The molecule has 3 rings (SSSR count). The molecule has 0 N–H and O–H groups in total. The van der Waals surface area contributed by atoms with Crippen LogP contribution in [0.2, 0.25) is 5.02 Å². The number of ether oxygens (including phenoxy) is 2. The molecule has 12 heteroatoms. The van der Waals surface area contributed by atoms with E-state index < -0.39 is 40.9 Å². The minimum Gasteiger partial charge on any atom is -0.366 e. The van der Waals surface area contributed by atoms with Crippen molar-refractivity contribution >= 4 is 27.5 Å². The van der Waals surface area contributed by atoms with E-state index in [9.17, 15) is 26.4 Å². The van der Waals surface area contributed by atoms with Gasteiger partial charge in [-0.25, -0.2) is 8.42 Å². The smallest absolute Gasteiger partial charge is 0.366 e. The predicted octanol–water partition coefficient (Wildman–Crippen LogP) is 1.52. The Bertz CT molecular complexity index is 830. The fourth-order valence-corrected chi connectivity index (χ4v) is 4.84. The third-order valence-corrected chi connectivity index (χ3v) is 6.77. The second kappa shape index (κ2) is 8.15. The average Bonchev–Trinajstić information content (AvgIpc) is 2.59. The Morgan fingerprint density at radius 3 is 2.57 bits per heavy atom. The highest BCUT2D eigenvalue weighted by molar-refractivity contribution is 7.89. The van der Waals surface area contributed by atoms with Gasteiger partial charge < -0.3 is 14.4 Å². The van der Waals surface area contributed by atoms with Gasteiger partial charge in [0.2, 0.25) is 10.0 Å². The molecule has 1 aromatic rings. The topological polar surface area (TPSA) is 76.2 Å². The molecule has 0 spiro atoms. The quantitative estimate of drug-likeness (QED) is 0.691. The van der Waals surface area contributed by atoms with E-state index in [0.29, 0.717) is 0 Å². The summed E-state index contributed by atoms with van der Waals surface area (Å²) in [5, 5.41) is 0.0734. The van der Waals surface area contributed by atoms with Crippen molar-refractivity contribution in [3.8, 4) is 0 Å². The third-order valence-electron chi connectivity index (χ3n) is 4.40. The molecule has 2 fully saturated rings. The third kappa shape index (κ3) is 4.77. The molecule has 28 heavy (non-hydrogen) atoms. The predicted molar refractivity (Wildman–Crippen MR) is 92.3 cm³/mol. The maximum atomic E-state index is 12.8. The lowest BCUT2D eigenvalue weighted by molar-refractivity contribution is -0.202. The average molecular weight is 443 g/mol. The molecule has 1 atom stereocenters. The molecule has 1 aromatic carbocycles. The van der Waals surface area contributed by atoms with Crippen molar-refractivity contribution in [1.82, 2.24) is 9.21 Å². The van der Waals surface area contributed by atoms with Gasteiger partial charge >= 0.3 is 6.18 Å². The zero-order chi connectivity index (χ0) is 20.5. The van der Waals surface area contributed by atoms with Crippen LogP contribution < -0.4 is 0 Å². The summed E-state index contributed by atoms with van der Waals surface area (Å²) in [5.74, 6) is -0.481. The fraction of sp³-hybridized carbons (Fsp3) is 0.562. The van der Waals surface area contributed by atoms with Gasteiger partial charge in [0, 0.05) is 26.2 Å². The fourth-order valence-electron chi connectivity index (χ4n) is 2.93. The number of nitrogens with zero attached hydrogens (tertiary/aromatic N) is 2. The lowest BCUT2D eigenvalue weighted by atomic mass is 10.1. The number of amides is 1. The minimum atomic E-state index is -4.43. The van der Waals surface area contributed by atoms with Gasteiger partial charge in [-0.2, -0.15) is 17.5 Å². The number of rotatable bonds is 5. The highest BCUT2D eigenvalue weighted by Gasteiger charge is 2.41. The van der Waals surface area contributed by atoms with Gasteiger partial charge in [0.15, 0.2) is 0 Å². The summed E-state index contributed by atoms with van der Waals surface area (Å²) >= 11 is 5.98. The van der Waals surface area contributed by atoms with Crippen molar-refractivity contribution < 1.29 is 35.9 Å². The summed E-state index contributed by atoms with van der Waals surface area (Å²) in [6, 6.07) is 5.98. The number of hydrogen-bond acceptors (Lipinski definition) is 5. The molecule has 2 saturated heterocycles. The van der Waals surface area contributed by atoms with Crippen LogP contribution in [0.5, 0.6) is 0 Å². The van der Waals surface area contributed by atoms with E-state index in [-0.39, 0.29) is 42.7 Å². The molecule has 0 saturated carbocycles. The van der Waals surface area contributed by atoms with E-state index in [2.05, 4.69) is 4.74 Å². The molecule has 0 aliphatic carbocycles. The molecule has 156 valence electrons. The maximum Gasteiger partial charge on any atom is 0.411 e. The molecule has 0 radical (unpaired) electrons. The van der Waals surface area contributed by atoms with Gasteiger partial charge in [-0.3, -0.25) is 4.79 Å². The van der Waals surface area contributed by atoms with E-state index in [0.717, 1.165) is 4.31 Å². The van der Waals surface area contributed by atoms with Gasteiger partial charge in [-0.05, 0) is 12.1 Å². The number of benzene rings is 1. The van der Waals surface area contributed by atoms with Crippen molar-refractivity contribution in [3.63, 3.8) is 0 Å². The molecular weight excluding hydrogens is 425 g/mol. The van der Waals surface area contributed by atoms with Crippen LogP contribution in [-0.4, -0.2) is 81.3 Å². The molecule has 0 unspecified atom stereocenters. The molecular formula is C16H18ClF3N2O5S. The summed E-state index contributed by atoms with van der Waals surface area (Å²) < 4.78 is 73.2. The Kier molecular flexibility index (Phi) is 6.20. The Morgan fingerprint density at radius 2 is 1.93 bits per heavy atom. The first-order chi connectivity index (χ1) is 13.1. The Balaban J connectivity index is 1.58. The van der Waals surface area contributed by atoms with Crippen molar-refractivity contribution in [1.29, 1.82) is 0 Å². The van der Waals surface area contributed by atoms with Crippen molar-refractivity contribution in [2.45, 2.75) is 23.3 Å². The van der Waals surface area contributed by atoms with E-state index in [1.54, 1.807) is 12.1 Å². The van der Waals surface area contributed by atoms with Gasteiger partial charge in [-0.15, -0.1) is 0 Å². The zero-order valence-electron chi connectivity index (χ0n) is 14.6. The number of alkyl halides is 3. The molecule has 1 amide bonds. The van der Waals surface area contributed by atoms with Crippen molar-refractivity contribution in [2.75, 3.05) is 39.4 Å². The van der Waals surface area contributed by atoms with Crippen LogP contribution in [-0.2, 0) is 24.3 Å². The summed E-state index contributed by atoms with van der Waals surface area (Å²) in [4.78, 5) is 13.7. The SMILES string of the molecule is O=C([C@@H]1CN(S(=O)(=O)c2ccccc2Cl)CCO1)N1CC(OCC(F)(F)F)C1. The van der Waals surface area contributed by atoms with E-state index in [4.69, 9.17) is 16.3 Å². The van der Waals surface area contributed by atoms with Gasteiger partial charge in [0.25, 0.3) is 5.91 Å². The monoisotopic (exact) mass is 442 g/mol. The number of sulfonamides is 1. The first-order valence-corrected chi connectivity index (χ1v) is 10.2. The molecule has 2 aliphatic heterocycles. The first-order valence-electron chi connectivity index (χ1n) is 8.41. The van der Waals surface area contributed by atoms with Crippen LogP contribution in [0, 0.1) is 0 Å². The number of carbonyl (C=O) groups excluding carboxylic acids is 1. The highest BCUT2D eigenvalue weighted by Crippen LogP contribution is 2.26. The Morgan fingerprint density at radius 1 is 1.25 bits per heavy atom. The van der Waals surface area contributed by atoms with Gasteiger partial charge in [0.05, 0.1) is 17.7 Å². The molecule has 7 nitrogen and oxygen atoms in total. The molecule has 2 heterocycles. The Hall–Kier alpha value is -1.40. The van der Waals surface area contributed by atoms with E-state index >= 15 is 0 Å². The molecule has 0 aromatic heterocycles. The minimum absolute atomic E-state index is 0.00599. The van der Waals surface area contributed by atoms with E-state index in [1.807, 2.05) is 0 Å². The number of morpholine rings is 1. The van der Waals surface area contributed by atoms with Crippen LogP contribution in [0.1, 0.15) is 0 Å². The van der Waals surface area contributed by atoms with Crippen LogP contribution in [0.15, 0.2) is 29.2 Å². The van der Waals surface area contributed by atoms with Gasteiger partial charge in [-0.1, -0.05) is 23.7 Å². The summed E-state index contributed by atoms with van der Waals surface area (Å²) in [5.41, 5.74) is 0. The maximum absolute atomic E-state index is 12.8. The zero-order valence-corrected chi connectivity index (χ0v) is 16.1. The number of hydrogen-bond donors (Lipinski definition) is 0. The van der Waals surface area contributed by atoms with Crippen LogP contribution >= 0.6 is 11.6 Å². The van der Waals surface area contributed by atoms with Crippen molar-refractivity contribution in [3.05, 3.63) is 29.3 Å². The molecule has 2 aliphatic rings. The first kappa shape index (κ1) is 21.3. The second-order valence-electron chi connectivity index (χ2n) is 6.44. The summed E-state index contributed by atoms with van der Waals surface area (Å²) in [6.07, 6.45) is -6.16.